The number of fused-ring (bicyclic) bond motifs is 1. The van der Waals surface area contributed by atoms with Gasteiger partial charge < -0.3 is 24.4 Å². The number of nitrogens with one attached hydrogen (secondary N) is 1. The lowest BCUT2D eigenvalue weighted by Gasteiger charge is -2.14. The summed E-state index contributed by atoms with van der Waals surface area (Å²) in [7, 11) is -4.52. The van der Waals surface area contributed by atoms with Crippen LogP contribution < -0.4 is 11.0 Å². The molecule has 3 rings (SSSR count). The zero-order valence-corrected chi connectivity index (χ0v) is 12.4. The SMILES string of the molecule is O=c1[nH]cnc2c1ncn2C[C@@H](CO)n1cc(P(=O)(O)O)nn1. The number of hydrogen-bond acceptors (Lipinski definition) is 7. The summed E-state index contributed by atoms with van der Waals surface area (Å²) in [5.74, 6) is 0. The van der Waals surface area contributed by atoms with Gasteiger partial charge in [-0.2, -0.15) is 0 Å². The summed E-state index contributed by atoms with van der Waals surface area (Å²) in [6, 6.07) is -0.665. The molecule has 0 aromatic carbocycles. The molecule has 3 aromatic rings. The van der Waals surface area contributed by atoms with E-state index in [2.05, 4.69) is 25.3 Å². The average molecular weight is 341 g/mol. The van der Waals surface area contributed by atoms with Crippen LogP contribution in [-0.4, -0.2) is 56.0 Å². The molecule has 4 N–H and O–H groups in total. The van der Waals surface area contributed by atoms with Crippen molar-refractivity contribution >= 4 is 24.2 Å². The number of hydrogen-bond donors (Lipinski definition) is 4. The van der Waals surface area contributed by atoms with Crippen LogP contribution in [0.5, 0.6) is 0 Å². The van der Waals surface area contributed by atoms with Crippen LogP contribution in [0.3, 0.4) is 0 Å². The van der Waals surface area contributed by atoms with Crippen molar-refractivity contribution in [3.05, 3.63) is 29.2 Å². The maximum atomic E-state index is 11.6. The molecule has 0 bridgehead atoms. The molecule has 0 spiro atoms. The maximum Gasteiger partial charge on any atom is 0.377 e. The van der Waals surface area contributed by atoms with Crippen molar-refractivity contribution in [3.63, 3.8) is 0 Å². The fraction of sp³-hybridized carbons (Fsp3) is 0.300. The van der Waals surface area contributed by atoms with Crippen molar-refractivity contribution in [2.75, 3.05) is 6.61 Å². The number of aromatic nitrogens is 7. The zero-order valence-electron chi connectivity index (χ0n) is 11.5. The van der Waals surface area contributed by atoms with Crippen LogP contribution in [0.4, 0.5) is 0 Å². The van der Waals surface area contributed by atoms with E-state index in [1.807, 2.05) is 0 Å². The second-order valence-corrected chi connectivity index (χ2v) is 6.28. The lowest BCUT2D eigenvalue weighted by Crippen LogP contribution is -2.20. The number of aliphatic hydroxyl groups excluding tert-OH is 1. The maximum absolute atomic E-state index is 11.6. The Morgan fingerprint density at radius 2 is 2.13 bits per heavy atom. The molecule has 0 aliphatic carbocycles. The van der Waals surface area contributed by atoms with Crippen molar-refractivity contribution in [2.24, 2.45) is 0 Å². The van der Waals surface area contributed by atoms with Gasteiger partial charge in [0.2, 0.25) is 0 Å². The molecule has 0 fully saturated rings. The van der Waals surface area contributed by atoms with Gasteiger partial charge >= 0.3 is 7.60 Å². The van der Waals surface area contributed by atoms with E-state index in [1.54, 1.807) is 0 Å². The Bertz CT molecular complexity index is 940. The minimum atomic E-state index is -4.52. The highest BCUT2D eigenvalue weighted by molar-refractivity contribution is 7.59. The molecule has 3 heterocycles. The van der Waals surface area contributed by atoms with Gasteiger partial charge in [-0.25, -0.2) is 14.6 Å². The molecule has 23 heavy (non-hydrogen) atoms. The molecule has 0 aliphatic heterocycles. The summed E-state index contributed by atoms with van der Waals surface area (Å²) in [5.41, 5.74) is -0.402. The number of aliphatic hydroxyl groups is 1. The summed E-state index contributed by atoms with van der Waals surface area (Å²) >= 11 is 0. The van der Waals surface area contributed by atoms with Gasteiger partial charge in [0.1, 0.15) is 0 Å². The van der Waals surface area contributed by atoms with Gasteiger partial charge in [-0.05, 0) is 0 Å². The minimum Gasteiger partial charge on any atom is -0.394 e. The van der Waals surface area contributed by atoms with Gasteiger partial charge in [-0.15, -0.1) is 5.10 Å². The second-order valence-electron chi connectivity index (χ2n) is 4.74. The highest BCUT2D eigenvalue weighted by Crippen LogP contribution is 2.31. The third kappa shape index (κ3) is 2.92. The van der Waals surface area contributed by atoms with Crippen LogP contribution in [0.1, 0.15) is 6.04 Å². The molecule has 3 aromatic heterocycles. The lowest BCUT2D eigenvalue weighted by molar-refractivity contribution is 0.202. The van der Waals surface area contributed by atoms with Crippen LogP contribution in [0.25, 0.3) is 11.2 Å². The van der Waals surface area contributed by atoms with E-state index in [0.29, 0.717) is 5.65 Å². The smallest absolute Gasteiger partial charge is 0.377 e. The summed E-state index contributed by atoms with van der Waals surface area (Å²) < 4.78 is 13.8. The molecule has 12 nitrogen and oxygen atoms in total. The Kier molecular flexibility index (Phi) is 3.82. The van der Waals surface area contributed by atoms with Crippen molar-refractivity contribution in [2.45, 2.75) is 12.6 Å². The standard InChI is InChI=1S/C10H12N7O5P/c18-3-6(17-2-7(14-15-17)23(20,21)22)1-16-5-13-8-9(16)11-4-12-10(8)19/h2,4-6,18H,1,3H2,(H,11,12,19)(H2,20,21,22)/t6-/m0/s1. The molecule has 122 valence electrons. The van der Waals surface area contributed by atoms with E-state index in [1.165, 1.54) is 17.2 Å². The molecule has 0 aliphatic rings. The van der Waals surface area contributed by atoms with E-state index in [4.69, 9.17) is 9.79 Å². The molecule has 13 heteroatoms. The van der Waals surface area contributed by atoms with Gasteiger partial charge in [0, 0.05) is 0 Å². The molecule has 0 saturated heterocycles. The van der Waals surface area contributed by atoms with E-state index in [-0.39, 0.29) is 24.2 Å². The summed E-state index contributed by atoms with van der Waals surface area (Å²) in [4.78, 5) is 40.1. The second kappa shape index (κ2) is 5.66. The molecule has 1 atom stereocenters. The number of aromatic amines is 1. The number of H-pyrrole nitrogens is 1. The first-order chi connectivity index (χ1) is 10.9. The largest absolute Gasteiger partial charge is 0.394 e. The Labute approximate surface area is 127 Å². The van der Waals surface area contributed by atoms with Crippen LogP contribution >= 0.6 is 7.60 Å². The van der Waals surface area contributed by atoms with Crippen LogP contribution in [0, 0.1) is 0 Å². The minimum absolute atomic E-state index is 0.132. The third-order valence-corrected chi connectivity index (χ3v) is 4.00. The first-order valence-corrected chi connectivity index (χ1v) is 7.98. The van der Waals surface area contributed by atoms with E-state index >= 15 is 0 Å². The molecule has 0 saturated carbocycles. The van der Waals surface area contributed by atoms with Crippen molar-refractivity contribution in [1.29, 1.82) is 0 Å². The fourth-order valence-corrected chi connectivity index (χ4v) is 2.48. The number of rotatable bonds is 5. The lowest BCUT2D eigenvalue weighted by atomic mass is 10.3. The van der Waals surface area contributed by atoms with Gasteiger partial charge in [0.15, 0.2) is 16.6 Å². The average Bonchev–Trinajstić information content (AvgIpc) is 3.12. The Hall–Kier alpha value is -2.40. The number of nitrogens with zero attached hydrogens (tertiary/aromatic N) is 6. The first kappa shape index (κ1) is 15.5. The first-order valence-electron chi connectivity index (χ1n) is 6.37. The van der Waals surface area contributed by atoms with Gasteiger partial charge in [-0.1, -0.05) is 5.21 Å². The summed E-state index contributed by atoms with van der Waals surface area (Å²) in [6.07, 6.45) is 3.69. The molecule has 0 unspecified atom stereocenters. The van der Waals surface area contributed by atoms with Gasteiger partial charge in [0.25, 0.3) is 5.56 Å². The highest BCUT2D eigenvalue weighted by Gasteiger charge is 2.24. The van der Waals surface area contributed by atoms with Crippen molar-refractivity contribution < 1.29 is 19.5 Å². The summed E-state index contributed by atoms with van der Waals surface area (Å²) in [6.45, 7) is -0.236. The molecule has 0 radical (unpaired) electrons. The van der Waals surface area contributed by atoms with Gasteiger partial charge in [-0.3, -0.25) is 9.36 Å². The fourth-order valence-electron chi connectivity index (χ4n) is 2.06. The van der Waals surface area contributed by atoms with Crippen molar-refractivity contribution in [1.82, 2.24) is 34.5 Å². The quantitative estimate of drug-likeness (QED) is 0.374. The Balaban J connectivity index is 1.93. The predicted octanol–water partition coefficient (Wildman–Crippen LogP) is -2.25. The van der Waals surface area contributed by atoms with E-state index in [0.717, 1.165) is 10.9 Å². The van der Waals surface area contributed by atoms with E-state index < -0.39 is 19.1 Å². The third-order valence-electron chi connectivity index (χ3n) is 3.20. The van der Waals surface area contributed by atoms with Crippen LogP contribution in [0.2, 0.25) is 0 Å². The Morgan fingerprint density at radius 3 is 2.78 bits per heavy atom. The molecular formula is C10H12N7O5P. The topological polar surface area (TPSA) is 172 Å². The molecule has 0 amide bonds. The normalized spacial score (nSPS) is 13.5. The number of imidazole rings is 1. The molecular weight excluding hydrogens is 329 g/mol. The Morgan fingerprint density at radius 1 is 1.35 bits per heavy atom. The monoisotopic (exact) mass is 341 g/mol. The van der Waals surface area contributed by atoms with Crippen LogP contribution in [-0.2, 0) is 11.1 Å². The summed E-state index contributed by atoms with van der Waals surface area (Å²) in [5, 5.41) is 16.5. The van der Waals surface area contributed by atoms with Gasteiger partial charge in [0.05, 0.1) is 38.0 Å². The van der Waals surface area contributed by atoms with Crippen LogP contribution in [0.15, 0.2) is 23.6 Å². The highest BCUT2D eigenvalue weighted by atomic mass is 31.2. The van der Waals surface area contributed by atoms with E-state index in [9.17, 15) is 14.5 Å². The van der Waals surface area contributed by atoms with Crippen molar-refractivity contribution in [3.8, 4) is 0 Å². The zero-order chi connectivity index (χ0) is 16.6. The predicted molar refractivity (Wildman–Crippen MR) is 76.0 cm³/mol.